The molecule has 1 aromatic heterocycles. The van der Waals surface area contributed by atoms with Gasteiger partial charge in [-0.15, -0.1) is 0 Å². The molecule has 0 bridgehead atoms. The summed E-state index contributed by atoms with van der Waals surface area (Å²) in [5.41, 5.74) is 7.37. The van der Waals surface area contributed by atoms with Crippen molar-refractivity contribution in [2.75, 3.05) is 36.6 Å². The van der Waals surface area contributed by atoms with E-state index in [2.05, 4.69) is 14.9 Å². The van der Waals surface area contributed by atoms with E-state index in [9.17, 15) is 4.21 Å². The van der Waals surface area contributed by atoms with E-state index in [0.29, 0.717) is 35.5 Å². The fraction of sp³-hybridized carbons (Fsp3) is 0.412. The van der Waals surface area contributed by atoms with Crippen molar-refractivity contribution in [2.24, 2.45) is 0 Å². The smallest absolute Gasteiger partial charge is 0.222 e. The maximum absolute atomic E-state index is 12.2. The Hall–Kier alpha value is -1.90. The number of hydrogen-bond donors (Lipinski definition) is 2. The van der Waals surface area contributed by atoms with Gasteiger partial charge in [0.15, 0.2) is 0 Å². The lowest BCUT2D eigenvalue weighted by Gasteiger charge is -2.31. The Kier molecular flexibility index (Phi) is 5.36. The quantitative estimate of drug-likeness (QED) is 0.827. The summed E-state index contributed by atoms with van der Waals surface area (Å²) in [6, 6.07) is 6.71. The van der Waals surface area contributed by atoms with Gasteiger partial charge in [-0.25, -0.2) is 14.0 Å². The molecule has 140 valence electrons. The summed E-state index contributed by atoms with van der Waals surface area (Å²) < 4.78 is 25.8. The number of benzene rings is 1. The fourth-order valence-corrected chi connectivity index (χ4v) is 3.97. The number of aryl methyl sites for hydroxylation is 1. The van der Waals surface area contributed by atoms with E-state index in [0.717, 1.165) is 17.7 Å². The van der Waals surface area contributed by atoms with Crippen molar-refractivity contribution in [3.63, 3.8) is 0 Å². The maximum Gasteiger partial charge on any atom is 0.222 e. The lowest BCUT2D eigenvalue weighted by molar-refractivity contribution is 0.134. The van der Waals surface area contributed by atoms with E-state index in [1.54, 1.807) is 18.2 Å². The molecule has 0 saturated carbocycles. The van der Waals surface area contributed by atoms with Gasteiger partial charge in [-0.2, -0.15) is 4.98 Å². The Morgan fingerprint density at radius 3 is 2.85 bits per heavy atom. The minimum atomic E-state index is -2.85. The molecule has 1 saturated heterocycles. The molecule has 9 heteroatoms. The van der Waals surface area contributed by atoms with Gasteiger partial charge in [0.1, 0.15) is 5.82 Å². The molecule has 2 atom stereocenters. The van der Waals surface area contributed by atoms with Gasteiger partial charge in [-0.3, -0.25) is 0 Å². The summed E-state index contributed by atoms with van der Waals surface area (Å²) in [4.78, 5) is 11.0. The molecule has 1 aliphatic rings. The Morgan fingerprint density at radius 2 is 2.15 bits per heavy atom. The van der Waals surface area contributed by atoms with Crippen LogP contribution in [0.3, 0.4) is 0 Å². The molecule has 3 N–H and O–H groups in total. The van der Waals surface area contributed by atoms with Gasteiger partial charge in [0.25, 0.3) is 0 Å². The number of anilines is 2. The topological polar surface area (TPSA) is 105 Å². The summed E-state index contributed by atoms with van der Waals surface area (Å²) in [6.07, 6.45) is 2.23. The molecule has 0 aliphatic carbocycles. The van der Waals surface area contributed by atoms with Gasteiger partial charge in [0.05, 0.1) is 22.4 Å². The third-order valence-electron chi connectivity index (χ3n) is 4.27. The van der Waals surface area contributed by atoms with Crippen LogP contribution in [0.2, 0.25) is 5.02 Å². The van der Waals surface area contributed by atoms with Crippen molar-refractivity contribution in [3.8, 4) is 0 Å². The van der Waals surface area contributed by atoms with Gasteiger partial charge in [0.2, 0.25) is 5.95 Å². The van der Waals surface area contributed by atoms with E-state index in [4.69, 9.17) is 26.9 Å². The van der Waals surface area contributed by atoms with Crippen LogP contribution in [0.1, 0.15) is 23.7 Å². The van der Waals surface area contributed by atoms with Gasteiger partial charge < -0.3 is 15.4 Å². The number of rotatable bonds is 3. The van der Waals surface area contributed by atoms with Crippen molar-refractivity contribution >= 4 is 33.1 Å². The molecule has 7 nitrogen and oxygen atoms in total. The van der Waals surface area contributed by atoms with Crippen LogP contribution in [0.5, 0.6) is 0 Å². The van der Waals surface area contributed by atoms with E-state index in [1.165, 1.54) is 6.26 Å². The van der Waals surface area contributed by atoms with Crippen molar-refractivity contribution in [2.45, 2.75) is 24.3 Å². The summed E-state index contributed by atoms with van der Waals surface area (Å²) in [6.45, 7) is 3.62. The average Bonchev–Trinajstić information content (AvgIpc) is 2.79. The van der Waals surface area contributed by atoms with Crippen LogP contribution < -0.4 is 10.6 Å². The number of aromatic nitrogens is 2. The maximum atomic E-state index is 12.2. The summed E-state index contributed by atoms with van der Waals surface area (Å²) in [5, 5.41) is 0.539. The van der Waals surface area contributed by atoms with Crippen LogP contribution in [-0.2, 0) is 14.5 Å². The molecule has 0 unspecified atom stereocenters. The molecule has 0 amide bonds. The van der Waals surface area contributed by atoms with Crippen LogP contribution in [0.4, 0.5) is 11.8 Å². The highest BCUT2D eigenvalue weighted by Crippen LogP contribution is 2.34. The van der Waals surface area contributed by atoms with Crippen molar-refractivity contribution < 1.29 is 8.95 Å². The second-order valence-electron chi connectivity index (χ2n) is 6.39. The number of ether oxygens (including phenoxy) is 1. The zero-order valence-corrected chi connectivity index (χ0v) is 16.3. The molecular formula is C17H22ClN5O2S. The molecule has 0 radical (unpaired) electrons. The lowest BCUT2D eigenvalue weighted by atomic mass is 10.1. The molecule has 1 fully saturated rings. The van der Waals surface area contributed by atoms with Crippen LogP contribution in [-0.4, -0.2) is 40.2 Å². The predicted octanol–water partition coefficient (Wildman–Crippen LogP) is 3.02. The van der Waals surface area contributed by atoms with Crippen LogP contribution in [0.15, 0.2) is 29.2 Å². The second-order valence-corrected chi connectivity index (χ2v) is 8.96. The Bertz CT molecular complexity index is 899. The van der Waals surface area contributed by atoms with E-state index in [1.807, 2.05) is 13.0 Å². The monoisotopic (exact) mass is 395 g/mol. The predicted molar refractivity (Wildman–Crippen MR) is 103 cm³/mol. The minimum absolute atomic E-state index is 0.214. The molecule has 3 rings (SSSR count). The Balaban J connectivity index is 2.10. The van der Waals surface area contributed by atoms with E-state index >= 15 is 0 Å². The van der Waals surface area contributed by atoms with Crippen molar-refractivity contribution in [1.29, 1.82) is 4.78 Å². The highest BCUT2D eigenvalue weighted by Gasteiger charge is 2.27. The number of nitrogens with zero attached hydrogens (tertiary/aromatic N) is 3. The third kappa shape index (κ3) is 4.08. The molecule has 1 aliphatic heterocycles. The van der Waals surface area contributed by atoms with Crippen molar-refractivity contribution in [3.05, 3.63) is 40.5 Å². The molecule has 2 aromatic rings. The van der Waals surface area contributed by atoms with Crippen LogP contribution in [0, 0.1) is 11.7 Å². The molecule has 26 heavy (non-hydrogen) atoms. The first-order chi connectivity index (χ1) is 12.3. The number of hydrogen-bond acceptors (Lipinski definition) is 7. The molecular weight excluding hydrogens is 374 g/mol. The van der Waals surface area contributed by atoms with Gasteiger partial charge in [-0.1, -0.05) is 11.6 Å². The van der Waals surface area contributed by atoms with E-state index in [-0.39, 0.29) is 12.0 Å². The van der Waals surface area contributed by atoms with Crippen molar-refractivity contribution in [1.82, 2.24) is 9.97 Å². The van der Waals surface area contributed by atoms with E-state index < -0.39 is 9.73 Å². The first-order valence-corrected chi connectivity index (χ1v) is 10.6. The van der Waals surface area contributed by atoms with Crippen LogP contribution in [0.25, 0.3) is 0 Å². The normalized spacial score (nSPS) is 20.4. The number of nitrogens with one attached hydrogen (secondary N) is 1. The summed E-state index contributed by atoms with van der Waals surface area (Å²) >= 11 is 6.45. The van der Waals surface area contributed by atoms with Gasteiger partial charge in [-0.05, 0) is 37.1 Å². The van der Waals surface area contributed by atoms with Gasteiger partial charge in [0, 0.05) is 41.1 Å². The standard InChI is InChI=1S/C17H22ClN5O2S/c1-11-8-16(22-17(19)21-11)23-6-3-7-25-10-15(23)13-9-12(26(2,20)24)4-5-14(13)18/h4-5,8-9,15,20H,3,6-7,10H2,1-2H3,(H2,19,21,22)/t15-,26+/m0/s1. The zero-order valence-electron chi connectivity index (χ0n) is 14.7. The first-order valence-electron chi connectivity index (χ1n) is 8.24. The largest absolute Gasteiger partial charge is 0.379 e. The highest BCUT2D eigenvalue weighted by molar-refractivity contribution is 7.91. The highest BCUT2D eigenvalue weighted by atomic mass is 35.5. The number of halogens is 1. The lowest BCUT2D eigenvalue weighted by Crippen LogP contribution is -2.32. The third-order valence-corrected chi connectivity index (χ3v) is 5.77. The number of nitrogens with two attached hydrogens (primary N) is 1. The molecule has 2 heterocycles. The molecule has 0 spiro atoms. The fourth-order valence-electron chi connectivity index (χ4n) is 3.05. The Labute approximate surface area is 158 Å². The minimum Gasteiger partial charge on any atom is -0.379 e. The average molecular weight is 396 g/mol. The zero-order chi connectivity index (χ0) is 18.9. The summed E-state index contributed by atoms with van der Waals surface area (Å²) in [5.74, 6) is 0.918. The SMILES string of the molecule is Cc1cc(N2CCCOC[C@H]2c2cc([S@](C)(=N)=O)ccc2Cl)nc(N)n1. The second kappa shape index (κ2) is 7.38. The first kappa shape index (κ1) is 18.9. The molecule has 1 aromatic carbocycles. The van der Waals surface area contributed by atoms with Crippen LogP contribution >= 0.6 is 11.6 Å². The van der Waals surface area contributed by atoms with Gasteiger partial charge >= 0.3 is 0 Å². The summed E-state index contributed by atoms with van der Waals surface area (Å²) in [7, 11) is -2.85. The number of nitrogen functional groups attached to an aromatic ring is 1. The Morgan fingerprint density at radius 1 is 1.38 bits per heavy atom.